The van der Waals surface area contributed by atoms with Crippen LogP contribution in [0.2, 0.25) is 0 Å². The number of hydrogen-bond donors (Lipinski definition) is 2. The SMILES string of the molecule is CN(C)C(=O)CN=C(NCC1CCCOC1C(C)(C)C)NC1CCCC1. The van der Waals surface area contributed by atoms with Crippen molar-refractivity contribution in [2.75, 3.05) is 33.8 Å². The number of nitrogens with zero attached hydrogens (tertiary/aromatic N) is 2. The van der Waals surface area contributed by atoms with Crippen molar-refractivity contribution < 1.29 is 9.53 Å². The smallest absolute Gasteiger partial charge is 0.243 e. The first-order chi connectivity index (χ1) is 12.3. The number of carbonyl (C=O) groups excluding carboxylic acids is 1. The molecule has 1 saturated carbocycles. The molecule has 0 spiro atoms. The number of likely N-dealkylation sites (N-methyl/N-ethyl adjacent to an activating group) is 1. The molecule has 150 valence electrons. The first-order valence-corrected chi connectivity index (χ1v) is 10.1. The maximum absolute atomic E-state index is 11.9. The average Bonchev–Trinajstić information content (AvgIpc) is 3.09. The van der Waals surface area contributed by atoms with Gasteiger partial charge in [-0.3, -0.25) is 4.79 Å². The zero-order valence-electron chi connectivity index (χ0n) is 17.3. The Balaban J connectivity index is 1.97. The monoisotopic (exact) mass is 366 g/mol. The van der Waals surface area contributed by atoms with Gasteiger partial charge in [0, 0.05) is 39.2 Å². The molecule has 0 aromatic rings. The van der Waals surface area contributed by atoms with Gasteiger partial charge in [-0.15, -0.1) is 0 Å². The van der Waals surface area contributed by atoms with Crippen molar-refractivity contribution in [2.45, 2.75) is 71.4 Å². The molecule has 6 heteroatoms. The summed E-state index contributed by atoms with van der Waals surface area (Å²) in [5.41, 5.74) is 0.129. The van der Waals surface area contributed by atoms with E-state index in [0.717, 1.165) is 25.5 Å². The predicted octanol–water partition coefficient (Wildman–Crippen LogP) is 2.39. The van der Waals surface area contributed by atoms with Crippen LogP contribution in [0.15, 0.2) is 4.99 Å². The first-order valence-electron chi connectivity index (χ1n) is 10.1. The minimum atomic E-state index is 0.0195. The summed E-state index contributed by atoms with van der Waals surface area (Å²) < 4.78 is 6.09. The molecule has 1 aliphatic heterocycles. The fraction of sp³-hybridized carbons (Fsp3) is 0.900. The third-order valence-corrected chi connectivity index (χ3v) is 5.40. The van der Waals surface area contributed by atoms with Crippen LogP contribution < -0.4 is 10.6 Å². The molecule has 2 atom stereocenters. The molecule has 0 bridgehead atoms. The number of rotatable bonds is 5. The van der Waals surface area contributed by atoms with Gasteiger partial charge in [-0.2, -0.15) is 0 Å². The Morgan fingerprint density at radius 2 is 1.85 bits per heavy atom. The zero-order valence-corrected chi connectivity index (χ0v) is 17.3. The fourth-order valence-corrected chi connectivity index (χ4v) is 3.94. The van der Waals surface area contributed by atoms with Crippen molar-refractivity contribution in [3.05, 3.63) is 0 Å². The second-order valence-corrected chi connectivity index (χ2v) is 9.02. The van der Waals surface area contributed by atoms with Crippen LogP contribution >= 0.6 is 0 Å². The minimum Gasteiger partial charge on any atom is -0.377 e. The molecule has 26 heavy (non-hydrogen) atoms. The van der Waals surface area contributed by atoms with E-state index in [2.05, 4.69) is 36.4 Å². The predicted molar refractivity (Wildman–Crippen MR) is 106 cm³/mol. The quantitative estimate of drug-likeness (QED) is 0.579. The van der Waals surface area contributed by atoms with E-state index in [1.54, 1.807) is 19.0 Å². The van der Waals surface area contributed by atoms with E-state index in [0.29, 0.717) is 12.0 Å². The third kappa shape index (κ3) is 6.45. The van der Waals surface area contributed by atoms with E-state index in [1.165, 1.54) is 32.1 Å². The van der Waals surface area contributed by atoms with Crippen LogP contribution in [0.1, 0.15) is 59.3 Å². The number of guanidine groups is 1. The summed E-state index contributed by atoms with van der Waals surface area (Å²) in [5, 5.41) is 7.03. The van der Waals surface area contributed by atoms with E-state index in [9.17, 15) is 4.79 Å². The largest absolute Gasteiger partial charge is 0.377 e. The standard InChI is InChI=1S/C20H38N4O2/c1-20(2,3)18-15(9-8-12-26-18)13-21-19(22-14-17(25)24(4)5)23-16-10-6-7-11-16/h15-16,18H,6-14H2,1-5H3,(H2,21,22,23). The number of amides is 1. The number of hydrogen-bond acceptors (Lipinski definition) is 3. The van der Waals surface area contributed by atoms with E-state index in [4.69, 9.17) is 4.74 Å². The van der Waals surface area contributed by atoms with Crippen molar-refractivity contribution in [3.8, 4) is 0 Å². The topological polar surface area (TPSA) is 66.0 Å². The second kappa shape index (κ2) is 9.58. The van der Waals surface area contributed by atoms with Crippen molar-refractivity contribution in [1.29, 1.82) is 0 Å². The summed E-state index contributed by atoms with van der Waals surface area (Å²) in [6, 6.07) is 0.469. The van der Waals surface area contributed by atoms with E-state index in [-0.39, 0.29) is 24.0 Å². The lowest BCUT2D eigenvalue weighted by Crippen LogP contribution is -2.49. The molecule has 2 fully saturated rings. The fourth-order valence-electron chi connectivity index (χ4n) is 3.94. The van der Waals surface area contributed by atoms with E-state index in [1.807, 2.05) is 0 Å². The van der Waals surface area contributed by atoms with Gasteiger partial charge < -0.3 is 20.3 Å². The molecule has 0 radical (unpaired) electrons. The highest BCUT2D eigenvalue weighted by Crippen LogP contribution is 2.33. The molecule has 1 aliphatic carbocycles. The van der Waals surface area contributed by atoms with Gasteiger partial charge in [0.05, 0.1) is 6.10 Å². The summed E-state index contributed by atoms with van der Waals surface area (Å²) in [4.78, 5) is 18.0. The van der Waals surface area contributed by atoms with Crippen LogP contribution in [0, 0.1) is 11.3 Å². The summed E-state index contributed by atoms with van der Waals surface area (Å²) in [6.45, 7) is 8.61. The Kier molecular flexibility index (Phi) is 7.74. The molecule has 1 amide bonds. The third-order valence-electron chi connectivity index (χ3n) is 5.40. The van der Waals surface area contributed by atoms with Gasteiger partial charge in [0.15, 0.2) is 5.96 Å². The van der Waals surface area contributed by atoms with Crippen LogP contribution in [0.25, 0.3) is 0 Å². The zero-order chi connectivity index (χ0) is 19.2. The number of aliphatic imine (C=N–C) groups is 1. The van der Waals surface area contributed by atoms with E-state index < -0.39 is 0 Å². The molecule has 1 saturated heterocycles. The average molecular weight is 367 g/mol. The number of ether oxygens (including phenoxy) is 1. The molecule has 2 N–H and O–H groups in total. The molecule has 2 rings (SSSR count). The Hall–Kier alpha value is -1.30. The summed E-state index contributed by atoms with van der Waals surface area (Å²) >= 11 is 0. The Bertz CT molecular complexity index is 479. The Morgan fingerprint density at radius 1 is 1.15 bits per heavy atom. The lowest BCUT2D eigenvalue weighted by Gasteiger charge is -2.40. The molecule has 2 unspecified atom stereocenters. The van der Waals surface area contributed by atoms with Crippen molar-refractivity contribution in [1.82, 2.24) is 15.5 Å². The highest BCUT2D eigenvalue weighted by molar-refractivity contribution is 5.84. The summed E-state index contributed by atoms with van der Waals surface area (Å²) in [7, 11) is 3.53. The van der Waals surface area contributed by atoms with Crippen molar-refractivity contribution in [2.24, 2.45) is 16.3 Å². The van der Waals surface area contributed by atoms with E-state index >= 15 is 0 Å². The van der Waals surface area contributed by atoms with Crippen LogP contribution in [-0.4, -0.2) is 62.7 Å². The molecule has 0 aromatic heterocycles. The molecule has 0 aromatic carbocycles. The van der Waals surface area contributed by atoms with Gasteiger partial charge in [-0.25, -0.2) is 4.99 Å². The van der Waals surface area contributed by atoms with Gasteiger partial charge in [-0.05, 0) is 31.1 Å². The van der Waals surface area contributed by atoms with Gasteiger partial charge in [0.2, 0.25) is 5.91 Å². The molecule has 1 heterocycles. The highest BCUT2D eigenvalue weighted by Gasteiger charge is 2.35. The van der Waals surface area contributed by atoms with Crippen LogP contribution in [0.4, 0.5) is 0 Å². The minimum absolute atomic E-state index is 0.0195. The van der Waals surface area contributed by atoms with Gasteiger partial charge in [0.1, 0.15) is 6.54 Å². The normalized spacial score (nSPS) is 25.2. The first kappa shape index (κ1) is 21.0. The van der Waals surface area contributed by atoms with Crippen molar-refractivity contribution >= 4 is 11.9 Å². The summed E-state index contributed by atoms with van der Waals surface area (Å²) in [6.07, 6.45) is 7.43. The molecular formula is C20H38N4O2. The van der Waals surface area contributed by atoms with Crippen LogP contribution in [-0.2, 0) is 9.53 Å². The van der Waals surface area contributed by atoms with Crippen LogP contribution in [0.5, 0.6) is 0 Å². The second-order valence-electron chi connectivity index (χ2n) is 9.02. The van der Waals surface area contributed by atoms with Gasteiger partial charge in [-0.1, -0.05) is 33.6 Å². The molecule has 6 nitrogen and oxygen atoms in total. The maximum atomic E-state index is 11.9. The van der Waals surface area contributed by atoms with Gasteiger partial charge in [0.25, 0.3) is 0 Å². The summed E-state index contributed by atoms with van der Waals surface area (Å²) in [5.74, 6) is 1.25. The van der Waals surface area contributed by atoms with Gasteiger partial charge >= 0.3 is 0 Å². The maximum Gasteiger partial charge on any atom is 0.243 e. The Labute approximate surface area is 159 Å². The lowest BCUT2D eigenvalue weighted by atomic mass is 9.78. The Morgan fingerprint density at radius 3 is 2.46 bits per heavy atom. The lowest BCUT2D eigenvalue weighted by molar-refractivity contribution is -0.127. The number of carbonyl (C=O) groups is 1. The number of nitrogens with one attached hydrogen (secondary N) is 2. The highest BCUT2D eigenvalue weighted by atomic mass is 16.5. The van der Waals surface area contributed by atoms with Crippen LogP contribution in [0.3, 0.4) is 0 Å². The molecule has 2 aliphatic rings. The van der Waals surface area contributed by atoms with Crippen molar-refractivity contribution in [3.63, 3.8) is 0 Å². The molecular weight excluding hydrogens is 328 g/mol.